The Labute approximate surface area is 118 Å². The molecule has 0 saturated carbocycles. The van der Waals surface area contributed by atoms with Crippen LogP contribution in [0.5, 0.6) is 0 Å². The Bertz CT molecular complexity index is 572. The number of hydrogen-bond acceptors (Lipinski definition) is 2. The van der Waals surface area contributed by atoms with Crippen molar-refractivity contribution in [2.24, 2.45) is 5.92 Å². The number of rotatable bonds is 4. The number of carbonyl (C=O) groups excluding carboxylic acids is 1. The van der Waals surface area contributed by atoms with Crippen LogP contribution in [0.2, 0.25) is 0 Å². The molecule has 0 amide bonds. The Morgan fingerprint density at radius 2 is 1.74 bits per heavy atom. The normalized spacial score (nSPS) is 14.6. The molecule has 0 bridgehead atoms. The van der Waals surface area contributed by atoms with Crippen molar-refractivity contribution in [3.05, 3.63) is 57.3 Å². The van der Waals surface area contributed by atoms with Gasteiger partial charge < -0.3 is 0 Å². The predicted octanol–water partition coefficient (Wildman–Crippen LogP) is 3.84. The fourth-order valence-corrected chi connectivity index (χ4v) is 3.78. The van der Waals surface area contributed by atoms with Crippen LogP contribution in [-0.4, -0.2) is 5.78 Å². The summed E-state index contributed by atoms with van der Waals surface area (Å²) < 4.78 is 0. The van der Waals surface area contributed by atoms with Crippen molar-refractivity contribution in [2.45, 2.75) is 32.6 Å². The molecule has 1 aliphatic carbocycles. The maximum Gasteiger partial charge on any atom is 0.141 e. The van der Waals surface area contributed by atoms with Gasteiger partial charge in [-0.1, -0.05) is 31.2 Å². The van der Waals surface area contributed by atoms with Crippen LogP contribution in [0.15, 0.2) is 36.4 Å². The summed E-state index contributed by atoms with van der Waals surface area (Å²) in [6.45, 7) is 2.16. The van der Waals surface area contributed by atoms with Crippen LogP contribution in [0, 0.1) is 5.92 Å². The molecule has 1 aromatic carbocycles. The largest absolute Gasteiger partial charge is 0.299 e. The monoisotopic (exact) mass is 270 g/mol. The van der Waals surface area contributed by atoms with Gasteiger partial charge >= 0.3 is 0 Å². The first kappa shape index (κ1) is 12.6. The number of benzene rings is 1. The average molecular weight is 270 g/mol. The summed E-state index contributed by atoms with van der Waals surface area (Å²) >= 11 is 1.78. The first-order valence-electron chi connectivity index (χ1n) is 6.93. The predicted molar refractivity (Wildman–Crippen MR) is 79.7 cm³/mol. The Morgan fingerprint density at radius 1 is 1.11 bits per heavy atom. The van der Waals surface area contributed by atoms with Gasteiger partial charge in [-0.15, -0.1) is 11.3 Å². The molecule has 1 aromatic heterocycles. The summed E-state index contributed by atoms with van der Waals surface area (Å²) in [5.41, 5.74) is 2.72. The molecule has 0 unspecified atom stereocenters. The number of carbonyl (C=O) groups is 1. The molecule has 0 fully saturated rings. The van der Waals surface area contributed by atoms with E-state index in [0.29, 0.717) is 12.2 Å². The fraction of sp³-hybridized carbons (Fsp3) is 0.353. The molecule has 0 spiro atoms. The van der Waals surface area contributed by atoms with Crippen LogP contribution in [-0.2, 0) is 30.5 Å². The third-order valence-corrected chi connectivity index (χ3v) is 5.15. The third-order valence-electron chi connectivity index (χ3n) is 3.92. The van der Waals surface area contributed by atoms with Crippen LogP contribution in [0.4, 0.5) is 0 Å². The lowest BCUT2D eigenvalue weighted by Gasteiger charge is -2.06. The van der Waals surface area contributed by atoms with Crippen molar-refractivity contribution in [1.82, 2.24) is 0 Å². The summed E-state index contributed by atoms with van der Waals surface area (Å²) in [6.07, 6.45) is 3.54. The second-order valence-electron chi connectivity index (χ2n) is 5.24. The Hall–Kier alpha value is -1.41. The molecule has 0 saturated heterocycles. The number of ketones is 1. The van der Waals surface area contributed by atoms with Gasteiger partial charge in [-0.25, -0.2) is 0 Å². The minimum Gasteiger partial charge on any atom is -0.299 e. The molecule has 0 atom stereocenters. The maximum absolute atomic E-state index is 12.4. The molecule has 98 valence electrons. The SMILES string of the molecule is CCc1ccc(CC(=O)C2Cc3ccccc3C2)s1. The van der Waals surface area contributed by atoms with E-state index in [4.69, 9.17) is 0 Å². The third kappa shape index (κ3) is 2.64. The minimum absolute atomic E-state index is 0.199. The van der Waals surface area contributed by atoms with Gasteiger partial charge in [0, 0.05) is 22.1 Å². The summed E-state index contributed by atoms with van der Waals surface area (Å²) in [6, 6.07) is 12.7. The number of fused-ring (bicyclic) bond motifs is 1. The van der Waals surface area contributed by atoms with Crippen LogP contribution in [0.25, 0.3) is 0 Å². The van der Waals surface area contributed by atoms with Gasteiger partial charge in [0.2, 0.25) is 0 Å². The second-order valence-corrected chi connectivity index (χ2v) is 6.49. The van der Waals surface area contributed by atoms with Gasteiger partial charge in [0.1, 0.15) is 5.78 Å². The molecular weight excluding hydrogens is 252 g/mol. The van der Waals surface area contributed by atoms with Crippen LogP contribution in [0.1, 0.15) is 27.8 Å². The lowest BCUT2D eigenvalue weighted by atomic mass is 9.98. The molecule has 0 aliphatic heterocycles. The first-order chi connectivity index (χ1) is 9.26. The van der Waals surface area contributed by atoms with Crippen LogP contribution in [0.3, 0.4) is 0 Å². The van der Waals surface area contributed by atoms with Crippen molar-refractivity contribution in [1.29, 1.82) is 0 Å². The average Bonchev–Trinajstić information content (AvgIpc) is 3.04. The number of thiophene rings is 1. The smallest absolute Gasteiger partial charge is 0.141 e. The van der Waals surface area contributed by atoms with Gasteiger partial charge in [0.15, 0.2) is 0 Å². The quantitative estimate of drug-likeness (QED) is 0.825. The number of hydrogen-bond donors (Lipinski definition) is 0. The lowest BCUT2D eigenvalue weighted by Crippen LogP contribution is -2.16. The van der Waals surface area contributed by atoms with E-state index in [2.05, 4.69) is 43.3 Å². The van der Waals surface area contributed by atoms with E-state index < -0.39 is 0 Å². The zero-order chi connectivity index (χ0) is 13.2. The van der Waals surface area contributed by atoms with Gasteiger partial charge in [-0.05, 0) is 42.5 Å². The van der Waals surface area contributed by atoms with E-state index in [1.807, 2.05) is 0 Å². The summed E-state index contributed by atoms with van der Waals surface area (Å²) in [5, 5.41) is 0. The van der Waals surface area contributed by atoms with Crippen LogP contribution < -0.4 is 0 Å². The van der Waals surface area contributed by atoms with E-state index in [-0.39, 0.29) is 5.92 Å². The Kier molecular flexibility index (Phi) is 3.52. The lowest BCUT2D eigenvalue weighted by molar-refractivity contribution is -0.121. The second kappa shape index (κ2) is 5.30. The maximum atomic E-state index is 12.4. The van der Waals surface area contributed by atoms with Gasteiger partial charge in [-0.2, -0.15) is 0 Å². The van der Waals surface area contributed by atoms with E-state index in [1.165, 1.54) is 20.9 Å². The van der Waals surface area contributed by atoms with E-state index in [1.54, 1.807) is 11.3 Å². The van der Waals surface area contributed by atoms with Gasteiger partial charge in [-0.3, -0.25) is 4.79 Å². The molecule has 2 aromatic rings. The molecule has 3 rings (SSSR count). The Morgan fingerprint density at radius 3 is 2.32 bits per heavy atom. The summed E-state index contributed by atoms with van der Waals surface area (Å²) in [4.78, 5) is 15.0. The van der Waals surface area contributed by atoms with E-state index in [0.717, 1.165) is 19.3 Å². The highest BCUT2D eigenvalue weighted by molar-refractivity contribution is 7.12. The van der Waals surface area contributed by atoms with Crippen molar-refractivity contribution >= 4 is 17.1 Å². The highest BCUT2D eigenvalue weighted by atomic mass is 32.1. The highest BCUT2D eigenvalue weighted by Crippen LogP contribution is 2.28. The van der Waals surface area contributed by atoms with Crippen molar-refractivity contribution in [2.75, 3.05) is 0 Å². The van der Waals surface area contributed by atoms with Gasteiger partial charge in [0.05, 0.1) is 0 Å². The zero-order valence-electron chi connectivity index (χ0n) is 11.2. The molecular formula is C17H18OS. The fourth-order valence-electron chi connectivity index (χ4n) is 2.81. The summed E-state index contributed by atoms with van der Waals surface area (Å²) in [5.74, 6) is 0.602. The molecule has 0 N–H and O–H groups in total. The topological polar surface area (TPSA) is 17.1 Å². The highest BCUT2D eigenvalue weighted by Gasteiger charge is 2.26. The van der Waals surface area contributed by atoms with Crippen LogP contribution >= 0.6 is 11.3 Å². The number of aryl methyl sites for hydroxylation is 1. The minimum atomic E-state index is 0.199. The molecule has 19 heavy (non-hydrogen) atoms. The molecule has 1 heterocycles. The Balaban J connectivity index is 1.66. The van der Waals surface area contributed by atoms with Crippen molar-refractivity contribution in [3.8, 4) is 0 Å². The van der Waals surface area contributed by atoms with E-state index >= 15 is 0 Å². The number of Topliss-reactive ketones (excluding diaryl/α,β-unsaturated/α-hetero) is 1. The van der Waals surface area contributed by atoms with E-state index in [9.17, 15) is 4.79 Å². The van der Waals surface area contributed by atoms with Gasteiger partial charge in [0.25, 0.3) is 0 Å². The molecule has 1 aliphatic rings. The van der Waals surface area contributed by atoms with Crippen molar-refractivity contribution in [3.63, 3.8) is 0 Å². The van der Waals surface area contributed by atoms with Crippen molar-refractivity contribution < 1.29 is 4.79 Å². The zero-order valence-corrected chi connectivity index (χ0v) is 12.0. The molecule has 0 radical (unpaired) electrons. The molecule has 2 heteroatoms. The molecule has 1 nitrogen and oxygen atoms in total. The first-order valence-corrected chi connectivity index (χ1v) is 7.75. The summed E-state index contributed by atoms with van der Waals surface area (Å²) in [7, 11) is 0. The standard InChI is InChI=1S/C17H18OS/c1-2-15-7-8-16(19-15)11-17(18)14-9-12-5-3-4-6-13(12)10-14/h3-8,14H,2,9-11H2,1H3.